The third-order valence-electron chi connectivity index (χ3n) is 4.51. The third-order valence-corrected chi connectivity index (χ3v) is 6.34. The van der Waals surface area contributed by atoms with Gasteiger partial charge in [-0.2, -0.15) is 0 Å². The number of nitrogens with zero attached hydrogens (tertiary/aromatic N) is 3. The van der Waals surface area contributed by atoms with Crippen molar-refractivity contribution in [3.8, 4) is 0 Å². The fraction of sp³-hybridized carbons (Fsp3) is 0.632. The van der Waals surface area contributed by atoms with E-state index in [2.05, 4.69) is 20.5 Å². The van der Waals surface area contributed by atoms with Gasteiger partial charge in [-0.3, -0.25) is 4.90 Å². The van der Waals surface area contributed by atoms with Gasteiger partial charge in [0.1, 0.15) is 0 Å². The molecule has 0 radical (unpaired) electrons. The Morgan fingerprint density at radius 2 is 1.86 bits per heavy atom. The van der Waals surface area contributed by atoms with Gasteiger partial charge in [0.05, 0.1) is 24.7 Å². The standard InChI is InChI=1S/C19H33N5O3S/c1-4-20-19(21-10-5-11-24-12-14-27-15-13-24)22-16-17-6-8-18(9-7-17)28(25,26)23(2)3/h6-9H,4-5,10-16H2,1-3H3,(H2,20,21,22). The van der Waals surface area contributed by atoms with Gasteiger partial charge in [0.15, 0.2) is 5.96 Å². The Labute approximate surface area is 169 Å². The number of morpholine rings is 1. The van der Waals surface area contributed by atoms with E-state index in [0.29, 0.717) is 11.4 Å². The lowest BCUT2D eigenvalue weighted by atomic mass is 10.2. The van der Waals surface area contributed by atoms with E-state index in [1.165, 1.54) is 18.4 Å². The summed E-state index contributed by atoms with van der Waals surface area (Å²) in [5.41, 5.74) is 0.961. The van der Waals surface area contributed by atoms with Crippen LogP contribution in [0.15, 0.2) is 34.2 Å². The zero-order valence-corrected chi connectivity index (χ0v) is 18.0. The van der Waals surface area contributed by atoms with Crippen LogP contribution in [0.1, 0.15) is 18.9 Å². The molecule has 1 heterocycles. The topological polar surface area (TPSA) is 86.3 Å². The van der Waals surface area contributed by atoms with Gasteiger partial charge in [0, 0.05) is 40.3 Å². The number of rotatable bonds is 9. The molecule has 0 unspecified atom stereocenters. The van der Waals surface area contributed by atoms with Crippen molar-refractivity contribution < 1.29 is 13.2 Å². The molecule has 1 fully saturated rings. The van der Waals surface area contributed by atoms with Gasteiger partial charge in [0.25, 0.3) is 0 Å². The number of benzene rings is 1. The highest BCUT2D eigenvalue weighted by Crippen LogP contribution is 2.14. The van der Waals surface area contributed by atoms with Crippen LogP contribution in [0, 0.1) is 0 Å². The zero-order chi connectivity index (χ0) is 20.4. The highest BCUT2D eigenvalue weighted by molar-refractivity contribution is 7.89. The minimum absolute atomic E-state index is 0.290. The molecule has 1 aromatic carbocycles. The highest BCUT2D eigenvalue weighted by Gasteiger charge is 2.16. The van der Waals surface area contributed by atoms with E-state index >= 15 is 0 Å². The van der Waals surface area contributed by atoms with E-state index in [4.69, 9.17) is 4.74 Å². The van der Waals surface area contributed by atoms with Crippen LogP contribution >= 0.6 is 0 Å². The maximum absolute atomic E-state index is 12.1. The van der Waals surface area contributed by atoms with Gasteiger partial charge in [-0.25, -0.2) is 17.7 Å². The molecule has 0 saturated carbocycles. The predicted molar refractivity (Wildman–Crippen MR) is 112 cm³/mol. The molecule has 0 bridgehead atoms. The average molecular weight is 412 g/mol. The van der Waals surface area contributed by atoms with Crippen LogP contribution in [0.4, 0.5) is 0 Å². The maximum atomic E-state index is 12.1. The summed E-state index contributed by atoms with van der Waals surface area (Å²) in [5, 5.41) is 6.60. The first-order chi connectivity index (χ1) is 13.4. The normalized spacial score (nSPS) is 16.4. The fourth-order valence-electron chi connectivity index (χ4n) is 2.82. The molecule has 0 aliphatic carbocycles. The monoisotopic (exact) mass is 411 g/mol. The molecule has 2 rings (SSSR count). The second-order valence-corrected chi connectivity index (χ2v) is 9.01. The van der Waals surface area contributed by atoms with Gasteiger partial charge in [0.2, 0.25) is 10.0 Å². The van der Waals surface area contributed by atoms with Crippen LogP contribution in [0.5, 0.6) is 0 Å². The molecule has 158 valence electrons. The van der Waals surface area contributed by atoms with Crippen molar-refractivity contribution in [3.05, 3.63) is 29.8 Å². The van der Waals surface area contributed by atoms with Crippen molar-refractivity contribution in [2.45, 2.75) is 24.8 Å². The second-order valence-electron chi connectivity index (χ2n) is 6.86. The minimum atomic E-state index is -3.40. The summed E-state index contributed by atoms with van der Waals surface area (Å²) in [4.78, 5) is 7.30. The third kappa shape index (κ3) is 7.05. The number of guanidine groups is 1. The number of nitrogens with one attached hydrogen (secondary N) is 2. The van der Waals surface area contributed by atoms with Crippen LogP contribution in [-0.4, -0.2) is 83.6 Å². The van der Waals surface area contributed by atoms with E-state index in [9.17, 15) is 8.42 Å². The lowest BCUT2D eigenvalue weighted by molar-refractivity contribution is 0.0376. The van der Waals surface area contributed by atoms with Gasteiger partial charge in [-0.05, 0) is 37.6 Å². The predicted octanol–water partition coefficient (Wildman–Crippen LogP) is 0.714. The molecule has 0 aromatic heterocycles. The van der Waals surface area contributed by atoms with Crippen LogP contribution in [0.2, 0.25) is 0 Å². The summed E-state index contributed by atoms with van der Waals surface area (Å²) in [5.74, 6) is 0.773. The fourth-order valence-corrected chi connectivity index (χ4v) is 3.73. The summed E-state index contributed by atoms with van der Waals surface area (Å²) >= 11 is 0. The Kier molecular flexibility index (Phi) is 9.17. The van der Waals surface area contributed by atoms with Gasteiger partial charge >= 0.3 is 0 Å². The molecule has 1 aromatic rings. The molecule has 1 saturated heterocycles. The van der Waals surface area contributed by atoms with Crippen molar-refractivity contribution in [2.75, 3.05) is 60.0 Å². The van der Waals surface area contributed by atoms with E-state index in [1.54, 1.807) is 12.1 Å². The first-order valence-corrected chi connectivity index (χ1v) is 11.2. The highest BCUT2D eigenvalue weighted by atomic mass is 32.2. The van der Waals surface area contributed by atoms with Crippen LogP contribution in [-0.2, 0) is 21.3 Å². The van der Waals surface area contributed by atoms with E-state index in [0.717, 1.165) is 63.9 Å². The van der Waals surface area contributed by atoms with Crippen molar-refractivity contribution in [2.24, 2.45) is 4.99 Å². The Morgan fingerprint density at radius 1 is 1.18 bits per heavy atom. The van der Waals surface area contributed by atoms with Crippen LogP contribution in [0.25, 0.3) is 0 Å². The van der Waals surface area contributed by atoms with E-state index < -0.39 is 10.0 Å². The molecule has 8 nitrogen and oxygen atoms in total. The smallest absolute Gasteiger partial charge is 0.242 e. The van der Waals surface area contributed by atoms with Gasteiger partial charge < -0.3 is 15.4 Å². The lowest BCUT2D eigenvalue weighted by Crippen LogP contribution is -2.40. The second kappa shape index (κ2) is 11.4. The molecule has 0 spiro atoms. The molecule has 1 aliphatic rings. The molecule has 28 heavy (non-hydrogen) atoms. The number of ether oxygens (including phenoxy) is 1. The quantitative estimate of drug-likeness (QED) is 0.354. The van der Waals surface area contributed by atoms with Crippen LogP contribution in [0.3, 0.4) is 0 Å². The maximum Gasteiger partial charge on any atom is 0.242 e. The van der Waals surface area contributed by atoms with E-state index in [-0.39, 0.29) is 0 Å². The largest absolute Gasteiger partial charge is 0.379 e. The average Bonchev–Trinajstić information content (AvgIpc) is 2.70. The summed E-state index contributed by atoms with van der Waals surface area (Å²) in [6.45, 7) is 8.88. The SMILES string of the molecule is CCNC(=NCc1ccc(S(=O)(=O)N(C)C)cc1)NCCCN1CCOCC1. The molecule has 0 atom stereocenters. The molecule has 2 N–H and O–H groups in total. The van der Waals surface area contributed by atoms with Gasteiger partial charge in [-0.15, -0.1) is 0 Å². The summed E-state index contributed by atoms with van der Waals surface area (Å²) in [6.07, 6.45) is 1.04. The lowest BCUT2D eigenvalue weighted by Gasteiger charge is -2.26. The molecular formula is C19H33N5O3S. The molecular weight excluding hydrogens is 378 g/mol. The molecule has 1 aliphatic heterocycles. The Bertz CT molecular complexity index is 714. The minimum Gasteiger partial charge on any atom is -0.379 e. The molecule has 0 amide bonds. The Hall–Kier alpha value is -1.68. The molecule has 9 heteroatoms. The zero-order valence-electron chi connectivity index (χ0n) is 17.1. The first kappa shape index (κ1) is 22.6. The summed E-state index contributed by atoms with van der Waals surface area (Å²) < 4.78 is 30.8. The van der Waals surface area contributed by atoms with Crippen molar-refractivity contribution in [1.29, 1.82) is 0 Å². The number of hydrogen-bond donors (Lipinski definition) is 2. The number of hydrogen-bond acceptors (Lipinski definition) is 5. The summed E-state index contributed by atoms with van der Waals surface area (Å²) in [7, 11) is -0.339. The van der Waals surface area contributed by atoms with Crippen molar-refractivity contribution >= 4 is 16.0 Å². The Morgan fingerprint density at radius 3 is 2.46 bits per heavy atom. The Balaban J connectivity index is 1.84. The van der Waals surface area contributed by atoms with Gasteiger partial charge in [-0.1, -0.05) is 12.1 Å². The summed E-state index contributed by atoms with van der Waals surface area (Å²) in [6, 6.07) is 6.87. The number of aliphatic imine (C=N–C) groups is 1. The van der Waals surface area contributed by atoms with Crippen molar-refractivity contribution in [1.82, 2.24) is 19.8 Å². The number of sulfonamides is 1. The van der Waals surface area contributed by atoms with Crippen LogP contribution < -0.4 is 10.6 Å². The van der Waals surface area contributed by atoms with E-state index in [1.807, 2.05) is 19.1 Å². The van der Waals surface area contributed by atoms with Crippen molar-refractivity contribution in [3.63, 3.8) is 0 Å². The first-order valence-electron chi connectivity index (χ1n) is 9.77.